The minimum atomic E-state index is -4.21. The number of hydrogen-bond donors (Lipinski definition) is 1. The Labute approximate surface area is 288 Å². The number of sulfonamides is 1. The maximum Gasteiger partial charge on any atom is 0.264 e. The molecule has 0 heterocycles. The van der Waals surface area contributed by atoms with E-state index in [-0.39, 0.29) is 29.8 Å². The van der Waals surface area contributed by atoms with Crippen LogP contribution < -0.4 is 9.62 Å². The molecule has 0 aliphatic heterocycles. The van der Waals surface area contributed by atoms with Crippen LogP contribution in [-0.2, 0) is 32.6 Å². The summed E-state index contributed by atoms with van der Waals surface area (Å²) in [5.41, 5.74) is 4.37. The fourth-order valence-electron chi connectivity index (χ4n) is 5.10. The van der Waals surface area contributed by atoms with Crippen molar-refractivity contribution >= 4 is 50.7 Å². The molecule has 0 aromatic heterocycles. The van der Waals surface area contributed by atoms with Crippen LogP contribution in [0.4, 0.5) is 5.69 Å². The van der Waals surface area contributed by atoms with Crippen LogP contribution in [0.15, 0.2) is 95.9 Å². The second-order valence-corrected chi connectivity index (χ2v) is 14.5. The first-order valence-corrected chi connectivity index (χ1v) is 17.7. The summed E-state index contributed by atoms with van der Waals surface area (Å²) in [6.07, 6.45) is 0.870. The molecule has 0 spiro atoms. The lowest BCUT2D eigenvalue weighted by molar-refractivity contribution is -0.140. The predicted octanol–water partition coefficient (Wildman–Crippen LogP) is 7.67. The lowest BCUT2D eigenvalue weighted by Crippen LogP contribution is -2.54. The first-order chi connectivity index (χ1) is 22.3. The standard InChI is InChI=1S/C37H41Cl2N3O4S/c1-6-28(5)40-37(44)35(22-29-11-8-7-9-12-29)41(23-32-33(38)13-10-14-34(32)39)36(43)24-42(30-18-17-26(3)27(4)21-30)47(45,46)31-19-15-25(2)16-20-31/h7-21,28,35H,6,22-24H2,1-5H3,(H,40,44)/t28-,35+/m0/s1. The number of anilines is 1. The molecule has 0 bridgehead atoms. The van der Waals surface area contributed by atoms with Gasteiger partial charge in [0.1, 0.15) is 12.6 Å². The Hall–Kier alpha value is -3.85. The second kappa shape index (κ2) is 15.8. The van der Waals surface area contributed by atoms with Gasteiger partial charge < -0.3 is 10.2 Å². The highest BCUT2D eigenvalue weighted by Gasteiger charge is 2.35. The van der Waals surface area contributed by atoms with Crippen molar-refractivity contribution in [1.29, 1.82) is 0 Å². The van der Waals surface area contributed by atoms with E-state index in [4.69, 9.17) is 23.2 Å². The van der Waals surface area contributed by atoms with Crippen LogP contribution >= 0.6 is 23.2 Å². The van der Waals surface area contributed by atoms with Gasteiger partial charge in [-0.05, 0) is 87.2 Å². The Morgan fingerprint density at radius 1 is 0.830 bits per heavy atom. The Balaban J connectivity index is 1.86. The summed E-state index contributed by atoms with van der Waals surface area (Å²) in [6, 6.07) is 25.0. The average Bonchev–Trinajstić information content (AvgIpc) is 3.04. The lowest BCUT2D eigenvalue weighted by atomic mass is 10.0. The van der Waals surface area contributed by atoms with Crippen molar-refractivity contribution in [1.82, 2.24) is 10.2 Å². The first-order valence-electron chi connectivity index (χ1n) is 15.5. The molecule has 0 saturated carbocycles. The highest BCUT2D eigenvalue weighted by Crippen LogP contribution is 2.30. The van der Waals surface area contributed by atoms with Crippen LogP contribution in [0.25, 0.3) is 0 Å². The molecule has 2 atom stereocenters. The van der Waals surface area contributed by atoms with E-state index >= 15 is 0 Å². The van der Waals surface area contributed by atoms with E-state index in [2.05, 4.69) is 5.32 Å². The number of nitrogens with zero attached hydrogens (tertiary/aromatic N) is 2. The maximum atomic E-state index is 14.7. The number of aryl methyl sites for hydroxylation is 3. The monoisotopic (exact) mass is 693 g/mol. The Morgan fingerprint density at radius 3 is 2.06 bits per heavy atom. The van der Waals surface area contributed by atoms with E-state index < -0.39 is 28.5 Å². The third kappa shape index (κ3) is 8.95. The summed E-state index contributed by atoms with van der Waals surface area (Å²) >= 11 is 13.2. The molecule has 0 aliphatic carbocycles. The maximum absolute atomic E-state index is 14.7. The third-order valence-corrected chi connectivity index (χ3v) is 10.8. The molecule has 0 radical (unpaired) electrons. The molecule has 47 heavy (non-hydrogen) atoms. The molecule has 4 aromatic carbocycles. The van der Waals surface area contributed by atoms with Gasteiger partial charge in [-0.2, -0.15) is 0 Å². The number of amides is 2. The minimum Gasteiger partial charge on any atom is -0.352 e. The van der Waals surface area contributed by atoms with E-state index in [0.717, 1.165) is 26.6 Å². The molecule has 7 nitrogen and oxygen atoms in total. The van der Waals surface area contributed by atoms with Crippen LogP contribution in [0, 0.1) is 20.8 Å². The molecule has 10 heteroatoms. The lowest BCUT2D eigenvalue weighted by Gasteiger charge is -2.34. The average molecular weight is 695 g/mol. The highest BCUT2D eigenvalue weighted by molar-refractivity contribution is 7.92. The summed E-state index contributed by atoms with van der Waals surface area (Å²) in [5, 5.41) is 3.69. The largest absolute Gasteiger partial charge is 0.352 e. The molecular weight excluding hydrogens is 653 g/mol. The normalized spacial score (nSPS) is 12.7. The molecule has 0 unspecified atom stereocenters. The van der Waals surface area contributed by atoms with E-state index in [1.165, 1.54) is 17.0 Å². The Morgan fingerprint density at radius 2 is 1.47 bits per heavy atom. The van der Waals surface area contributed by atoms with Crippen molar-refractivity contribution in [2.24, 2.45) is 0 Å². The summed E-state index contributed by atoms with van der Waals surface area (Å²) < 4.78 is 29.7. The number of carbonyl (C=O) groups is 2. The van der Waals surface area contributed by atoms with Gasteiger partial charge in [-0.25, -0.2) is 8.42 Å². The first kappa shape index (κ1) is 36.0. The quantitative estimate of drug-likeness (QED) is 0.156. The molecule has 0 saturated heterocycles. The van der Waals surface area contributed by atoms with E-state index in [0.29, 0.717) is 27.7 Å². The third-order valence-electron chi connectivity index (χ3n) is 8.33. The molecular formula is C37H41Cl2N3O4S. The highest BCUT2D eigenvalue weighted by atomic mass is 35.5. The minimum absolute atomic E-state index is 0.0465. The van der Waals surface area contributed by atoms with E-state index in [1.54, 1.807) is 42.5 Å². The zero-order valence-corrected chi connectivity index (χ0v) is 29.7. The number of nitrogens with one attached hydrogen (secondary N) is 1. The number of hydrogen-bond acceptors (Lipinski definition) is 4. The van der Waals surface area contributed by atoms with Gasteiger partial charge in [0, 0.05) is 34.6 Å². The van der Waals surface area contributed by atoms with Gasteiger partial charge in [0.25, 0.3) is 10.0 Å². The summed E-state index contributed by atoms with van der Waals surface area (Å²) in [7, 11) is -4.21. The summed E-state index contributed by atoms with van der Waals surface area (Å²) in [5.74, 6) is -0.950. The van der Waals surface area contributed by atoms with Crippen molar-refractivity contribution in [2.75, 3.05) is 10.8 Å². The smallest absolute Gasteiger partial charge is 0.264 e. The number of halogens is 2. The van der Waals surface area contributed by atoms with Gasteiger partial charge in [0.15, 0.2) is 0 Å². The second-order valence-electron chi connectivity index (χ2n) is 11.8. The van der Waals surface area contributed by atoms with E-state index in [9.17, 15) is 18.0 Å². The Bertz CT molecular complexity index is 1800. The van der Waals surface area contributed by atoms with Crippen LogP contribution in [0.3, 0.4) is 0 Å². The van der Waals surface area contributed by atoms with Crippen molar-refractivity contribution in [3.05, 3.63) is 129 Å². The fourth-order valence-corrected chi connectivity index (χ4v) is 7.02. The van der Waals surface area contributed by atoms with Crippen molar-refractivity contribution < 1.29 is 18.0 Å². The molecule has 0 aliphatic rings. The molecule has 4 aromatic rings. The number of benzene rings is 4. The Kier molecular flexibility index (Phi) is 12.1. The van der Waals surface area contributed by atoms with Crippen LogP contribution in [0.5, 0.6) is 0 Å². The van der Waals surface area contributed by atoms with Crippen LogP contribution in [0.1, 0.15) is 48.1 Å². The van der Waals surface area contributed by atoms with Crippen molar-refractivity contribution in [2.45, 2.75) is 71.0 Å². The number of rotatable bonds is 13. The van der Waals surface area contributed by atoms with E-state index in [1.807, 2.05) is 71.0 Å². The topological polar surface area (TPSA) is 86.8 Å². The van der Waals surface area contributed by atoms with Gasteiger partial charge in [0.05, 0.1) is 10.6 Å². The van der Waals surface area contributed by atoms with Gasteiger partial charge >= 0.3 is 0 Å². The van der Waals surface area contributed by atoms with Gasteiger partial charge in [0.2, 0.25) is 11.8 Å². The predicted molar refractivity (Wildman–Crippen MR) is 190 cm³/mol. The fraction of sp³-hybridized carbons (Fsp3) is 0.297. The zero-order chi connectivity index (χ0) is 34.3. The zero-order valence-electron chi connectivity index (χ0n) is 27.3. The number of carbonyl (C=O) groups excluding carboxylic acids is 2. The van der Waals surface area contributed by atoms with Crippen LogP contribution in [0.2, 0.25) is 10.0 Å². The summed E-state index contributed by atoms with van der Waals surface area (Å²) in [6.45, 7) is 8.86. The molecule has 0 fully saturated rings. The SMILES string of the molecule is CC[C@H](C)NC(=O)[C@@H](Cc1ccccc1)N(Cc1c(Cl)cccc1Cl)C(=O)CN(c1ccc(C)c(C)c1)S(=O)(=O)c1ccc(C)cc1. The van der Waals surface area contributed by atoms with Crippen molar-refractivity contribution in [3.63, 3.8) is 0 Å². The van der Waals surface area contributed by atoms with Gasteiger partial charge in [-0.1, -0.05) is 90.3 Å². The van der Waals surface area contributed by atoms with Crippen LogP contribution in [-0.4, -0.2) is 43.8 Å². The molecule has 4 rings (SSSR count). The van der Waals surface area contributed by atoms with Crippen molar-refractivity contribution in [3.8, 4) is 0 Å². The molecule has 248 valence electrons. The van der Waals surface area contributed by atoms with Gasteiger partial charge in [-0.3, -0.25) is 13.9 Å². The van der Waals surface area contributed by atoms with Gasteiger partial charge in [-0.15, -0.1) is 0 Å². The molecule has 1 N–H and O–H groups in total. The molecule has 2 amide bonds. The summed E-state index contributed by atoms with van der Waals surface area (Å²) in [4.78, 5) is 30.1.